The quantitative estimate of drug-likeness (QED) is 0.176. The van der Waals surface area contributed by atoms with E-state index >= 15 is 0 Å². The molecule has 2 saturated heterocycles. The summed E-state index contributed by atoms with van der Waals surface area (Å²) < 4.78 is 44.2. The minimum atomic E-state index is -2.95. The van der Waals surface area contributed by atoms with Crippen LogP contribution in [0.15, 0.2) is 41.9 Å². The van der Waals surface area contributed by atoms with Crippen LogP contribution in [0.25, 0.3) is 33.4 Å². The molecule has 6 heterocycles. The number of esters is 1. The number of hydrazine groups is 1. The van der Waals surface area contributed by atoms with Crippen LogP contribution >= 0.6 is 11.3 Å². The molecule has 0 radical (unpaired) electrons. The maximum atomic E-state index is 14.5. The molecule has 2 N–H and O–H groups in total. The maximum absolute atomic E-state index is 14.5. The molecule has 1 aromatic carbocycles. The number of cyclic esters (lactones) is 1. The number of hydrogen-bond acceptors (Lipinski definition) is 11. The third-order valence-corrected chi connectivity index (χ3v) is 13.1. The molecule has 2 fully saturated rings. The normalized spacial score (nSPS) is 20.6. The molecule has 7 rings (SSSR count). The summed E-state index contributed by atoms with van der Waals surface area (Å²) in [5, 5.41) is 7.87. The van der Waals surface area contributed by atoms with E-state index in [1.807, 2.05) is 24.4 Å². The third-order valence-electron chi connectivity index (χ3n) is 12.2. The van der Waals surface area contributed by atoms with Crippen LogP contribution in [0.3, 0.4) is 0 Å². The number of likely N-dealkylation sites (N-methyl/N-ethyl adjacent to an activating group) is 1. The van der Waals surface area contributed by atoms with Crippen molar-refractivity contribution in [2.24, 2.45) is 11.3 Å². The average Bonchev–Trinajstić information content (AvgIpc) is 3.84. The number of ether oxygens (including phenoxy) is 3. The van der Waals surface area contributed by atoms with Gasteiger partial charge in [-0.15, -0.1) is 11.3 Å². The second kappa shape index (κ2) is 19.0. The number of alkyl halides is 2. The smallest absolute Gasteiger partial charge is 0.345 e. The summed E-state index contributed by atoms with van der Waals surface area (Å²) in [6.07, 6.45) is 2.25. The van der Waals surface area contributed by atoms with Gasteiger partial charge in [0.05, 0.1) is 54.0 Å². The number of carbonyl (C=O) groups excluding carboxylic acids is 4. The molecular weight excluding hydrogens is 835 g/mol. The van der Waals surface area contributed by atoms with Gasteiger partial charge < -0.3 is 33.9 Å². The number of rotatable bonds is 10. The predicted molar refractivity (Wildman–Crippen MR) is 234 cm³/mol. The van der Waals surface area contributed by atoms with E-state index in [4.69, 9.17) is 19.4 Å². The van der Waals surface area contributed by atoms with Crippen LogP contribution in [0, 0.1) is 11.3 Å². The highest BCUT2D eigenvalue weighted by Gasteiger charge is 2.41. The number of thiazole rings is 1. The summed E-state index contributed by atoms with van der Waals surface area (Å²) in [6, 6.07) is 6.82. The monoisotopic (exact) mass is 892 g/mol. The van der Waals surface area contributed by atoms with E-state index in [0.717, 1.165) is 39.0 Å². The number of aryl methyl sites for hydroxylation is 1. The molecule has 63 heavy (non-hydrogen) atoms. The fourth-order valence-electron chi connectivity index (χ4n) is 8.91. The fourth-order valence-corrected chi connectivity index (χ4v) is 9.77. The number of methoxy groups -OCH3 is 1. The first kappa shape index (κ1) is 46.0. The van der Waals surface area contributed by atoms with E-state index < -0.39 is 60.1 Å². The zero-order chi connectivity index (χ0) is 45.3. The number of aromatic nitrogens is 3. The van der Waals surface area contributed by atoms with Gasteiger partial charge in [0.25, 0.3) is 5.91 Å². The zero-order valence-electron chi connectivity index (χ0n) is 37.2. The van der Waals surface area contributed by atoms with Crippen LogP contribution in [-0.4, -0.2) is 124 Å². The number of nitrogens with one attached hydrogen (secondary N) is 2. The van der Waals surface area contributed by atoms with Crippen LogP contribution in [0.1, 0.15) is 76.8 Å². The second-order valence-corrected chi connectivity index (χ2v) is 18.7. The van der Waals surface area contributed by atoms with Crippen LogP contribution < -0.4 is 10.7 Å². The molecule has 0 aliphatic carbocycles. The van der Waals surface area contributed by atoms with Gasteiger partial charge in [0.2, 0.25) is 5.91 Å². The Labute approximate surface area is 370 Å². The van der Waals surface area contributed by atoms with Gasteiger partial charge in [-0.3, -0.25) is 24.4 Å². The molecule has 4 atom stereocenters. The highest BCUT2D eigenvalue weighted by Crippen LogP contribution is 2.42. The lowest BCUT2D eigenvalue weighted by molar-refractivity contribution is -0.190. The number of benzene rings is 1. The summed E-state index contributed by atoms with van der Waals surface area (Å²) in [7, 11) is 3.15. The second-order valence-electron chi connectivity index (χ2n) is 17.8. The van der Waals surface area contributed by atoms with Crippen LogP contribution in [0.5, 0.6) is 0 Å². The minimum Gasteiger partial charge on any atom is -0.464 e. The van der Waals surface area contributed by atoms with Crippen LogP contribution in [-0.2, 0) is 48.0 Å². The molecule has 340 valence electrons. The number of pyridine rings is 1. The Bertz CT molecular complexity index is 2330. The van der Waals surface area contributed by atoms with E-state index in [1.165, 1.54) is 33.2 Å². The molecular formula is C45H58F2N8O7S. The van der Waals surface area contributed by atoms with E-state index in [-0.39, 0.29) is 44.7 Å². The van der Waals surface area contributed by atoms with E-state index in [2.05, 4.69) is 59.0 Å². The van der Waals surface area contributed by atoms with Gasteiger partial charge in [-0.25, -0.2) is 15.2 Å². The number of hydrogen-bond donors (Lipinski definition) is 2. The number of carbonyl (C=O) groups is 4. The van der Waals surface area contributed by atoms with Crippen molar-refractivity contribution in [3.63, 3.8) is 0 Å². The molecule has 3 aliphatic heterocycles. The van der Waals surface area contributed by atoms with Crippen molar-refractivity contribution >= 4 is 46.1 Å². The molecule has 4 aromatic rings. The van der Waals surface area contributed by atoms with Gasteiger partial charge in [-0.2, -0.15) is 8.78 Å². The number of nitrogens with zero attached hydrogens (tertiary/aromatic N) is 6. The standard InChI is InChI=1S/C45H58F2N8O7S/c1-9-54-35-15-14-27-18-30(35)31(39(54)29-12-10-16-48-37(29)26(4)60-8)20-45(5,6)24-61-42(58)32-13-11-17-55(51-32)41(57)33(19-36-49-34(27)23-63-36)50-40(56)38(25(2)3)52(7)44(59)53-21-28(22-53)62-43(46)47/h10,12,14-16,18,23,25-26,28,32-33,38,43,51H,9,11,13,17,19-22,24H2,1-8H3,(H,50,56)/t26-,32-,33-,38?/m0/s1. The summed E-state index contributed by atoms with van der Waals surface area (Å²) >= 11 is 1.37. The molecule has 1 unspecified atom stereocenters. The Morgan fingerprint density at radius 1 is 1.16 bits per heavy atom. The first-order valence-electron chi connectivity index (χ1n) is 21.6. The Hall–Kier alpha value is -5.04. The molecule has 3 aromatic heterocycles. The van der Waals surface area contributed by atoms with Crippen LogP contribution in [0.4, 0.5) is 13.6 Å². The van der Waals surface area contributed by atoms with Gasteiger partial charge in [0.15, 0.2) is 0 Å². The summed E-state index contributed by atoms with van der Waals surface area (Å²) in [6.45, 7) is 9.86. The van der Waals surface area contributed by atoms with Crippen molar-refractivity contribution in [3.8, 4) is 22.5 Å². The van der Waals surface area contributed by atoms with E-state index in [0.29, 0.717) is 36.5 Å². The minimum absolute atomic E-state index is 0.0310. The van der Waals surface area contributed by atoms with E-state index in [9.17, 15) is 28.0 Å². The first-order valence-corrected chi connectivity index (χ1v) is 22.5. The van der Waals surface area contributed by atoms with Crippen molar-refractivity contribution in [1.29, 1.82) is 0 Å². The Balaban J connectivity index is 1.26. The van der Waals surface area contributed by atoms with Crippen molar-refractivity contribution < 1.29 is 42.2 Å². The average molecular weight is 893 g/mol. The largest absolute Gasteiger partial charge is 0.464 e. The topological polar surface area (TPSA) is 160 Å². The van der Waals surface area contributed by atoms with Crippen molar-refractivity contribution in [1.82, 2.24) is 40.1 Å². The number of amides is 4. The lowest BCUT2D eigenvalue weighted by atomic mass is 9.84. The Morgan fingerprint density at radius 2 is 1.92 bits per heavy atom. The van der Waals surface area contributed by atoms with Crippen LogP contribution in [0.2, 0.25) is 0 Å². The van der Waals surface area contributed by atoms with Crippen molar-refractivity contribution in [3.05, 3.63) is 58.2 Å². The molecule has 18 heteroatoms. The molecule has 3 aliphatic rings. The van der Waals surface area contributed by atoms with Gasteiger partial charge in [0, 0.05) is 72.7 Å². The molecule has 15 nitrogen and oxygen atoms in total. The summed E-state index contributed by atoms with van der Waals surface area (Å²) in [4.78, 5) is 68.4. The third kappa shape index (κ3) is 9.73. The van der Waals surface area contributed by atoms with Gasteiger partial charge in [-0.05, 0) is 68.9 Å². The maximum Gasteiger partial charge on any atom is 0.345 e. The predicted octanol–water partition coefficient (Wildman–Crippen LogP) is 6.20. The number of likely N-dealkylation sites (tertiary alicyclic amines) is 1. The summed E-state index contributed by atoms with van der Waals surface area (Å²) in [5.74, 6) is -1.91. The number of fused-ring (bicyclic) bond motifs is 6. The Morgan fingerprint density at radius 3 is 2.62 bits per heavy atom. The van der Waals surface area contributed by atoms with Gasteiger partial charge in [0.1, 0.15) is 18.1 Å². The van der Waals surface area contributed by atoms with Gasteiger partial charge >= 0.3 is 18.6 Å². The molecule has 0 spiro atoms. The van der Waals surface area contributed by atoms with Crippen molar-refractivity contribution in [2.75, 3.05) is 40.4 Å². The highest BCUT2D eigenvalue weighted by molar-refractivity contribution is 7.10. The number of urea groups is 1. The summed E-state index contributed by atoms with van der Waals surface area (Å²) in [5.41, 5.74) is 9.05. The zero-order valence-corrected chi connectivity index (χ0v) is 38.0. The molecule has 6 bridgehead atoms. The molecule has 0 saturated carbocycles. The SMILES string of the molecule is CCn1c(-c2cccnc2[C@H](C)OC)c2c3cc(ccc31)-c1csc(n1)C[C@H](NC(=O)C(C(C)C)N(C)C(=O)N1CC(OC(F)F)C1)C(=O)N1CCC[C@H](N1)C(=O)OCC(C)(C)C2. The lowest BCUT2D eigenvalue weighted by Crippen LogP contribution is -2.64. The van der Waals surface area contributed by atoms with E-state index in [1.54, 1.807) is 27.2 Å². The fraction of sp³-hybridized carbons (Fsp3) is 0.556. The highest BCUT2D eigenvalue weighted by atomic mass is 32.1. The number of halogens is 2. The Kier molecular flexibility index (Phi) is 13.8. The molecule has 4 amide bonds. The van der Waals surface area contributed by atoms with Crippen molar-refractivity contribution in [2.45, 2.75) is 111 Å². The van der Waals surface area contributed by atoms with Gasteiger partial charge in [-0.1, -0.05) is 33.8 Å². The first-order chi connectivity index (χ1) is 30.0. The lowest BCUT2D eigenvalue weighted by Gasteiger charge is -2.42.